The number of carboxylic acid groups (broad SMARTS) is 1. The van der Waals surface area contributed by atoms with Gasteiger partial charge < -0.3 is 15.1 Å². The first-order valence-electron chi connectivity index (χ1n) is 13.0. The summed E-state index contributed by atoms with van der Waals surface area (Å²) in [5.41, 5.74) is 1.32. The summed E-state index contributed by atoms with van der Waals surface area (Å²) in [6, 6.07) is 16.3. The van der Waals surface area contributed by atoms with Crippen molar-refractivity contribution in [1.82, 2.24) is 24.2 Å². The van der Waals surface area contributed by atoms with Crippen LogP contribution >= 0.6 is 0 Å². The Labute approximate surface area is 225 Å². The first kappa shape index (κ1) is 26.3. The van der Waals surface area contributed by atoms with E-state index in [0.717, 1.165) is 5.56 Å². The summed E-state index contributed by atoms with van der Waals surface area (Å²) in [5, 5.41) is 25.0. The number of fused-ring (bicyclic) bond motifs is 1. The average molecular weight is 530 g/mol. The minimum Gasteiger partial charge on any atom is -0.478 e. The first-order chi connectivity index (χ1) is 18.6. The van der Waals surface area contributed by atoms with Gasteiger partial charge in [-0.05, 0) is 36.5 Å². The standard InChI is InChI=1S/C29H31N5O5/c1-19(20-7-4-3-5-8-20)15-23(35)33-13-11-29(39,12-14-33)17-34-18-30-24-25(27(34)36)31-32(2)26(24)21-9-6-10-22(16-21)28(37)38/h3-10,16,18-19,39H,11-15,17H2,1-2H3,(H,37,38). The molecule has 39 heavy (non-hydrogen) atoms. The molecule has 1 saturated heterocycles. The van der Waals surface area contributed by atoms with Crippen LogP contribution in [-0.4, -0.2) is 65.0 Å². The maximum Gasteiger partial charge on any atom is 0.335 e. The van der Waals surface area contributed by atoms with E-state index in [1.165, 1.54) is 27.7 Å². The second-order valence-electron chi connectivity index (χ2n) is 10.4. The van der Waals surface area contributed by atoms with E-state index in [4.69, 9.17) is 0 Å². The quantitative estimate of drug-likeness (QED) is 0.376. The Balaban J connectivity index is 1.30. The fraction of sp³-hybridized carbons (Fsp3) is 0.345. The maximum absolute atomic E-state index is 13.3. The molecule has 2 aromatic carbocycles. The van der Waals surface area contributed by atoms with Crippen molar-refractivity contribution in [3.8, 4) is 11.3 Å². The topological polar surface area (TPSA) is 131 Å². The van der Waals surface area contributed by atoms with Crippen LogP contribution in [0.25, 0.3) is 22.3 Å². The average Bonchev–Trinajstić information content (AvgIpc) is 3.27. The van der Waals surface area contributed by atoms with E-state index < -0.39 is 11.6 Å². The lowest BCUT2D eigenvalue weighted by Crippen LogP contribution is -2.49. The highest BCUT2D eigenvalue weighted by Gasteiger charge is 2.35. The summed E-state index contributed by atoms with van der Waals surface area (Å²) in [5.74, 6) is -0.891. The van der Waals surface area contributed by atoms with Gasteiger partial charge in [0.1, 0.15) is 5.52 Å². The second-order valence-corrected chi connectivity index (χ2v) is 10.4. The highest BCUT2D eigenvalue weighted by Crippen LogP contribution is 2.28. The number of likely N-dealkylation sites (tertiary alicyclic amines) is 1. The van der Waals surface area contributed by atoms with E-state index in [-0.39, 0.29) is 35.0 Å². The van der Waals surface area contributed by atoms with Crippen LogP contribution in [0.4, 0.5) is 0 Å². The smallest absolute Gasteiger partial charge is 0.335 e. The zero-order chi connectivity index (χ0) is 27.7. The van der Waals surface area contributed by atoms with Crippen LogP contribution in [0.15, 0.2) is 65.7 Å². The van der Waals surface area contributed by atoms with Crippen molar-refractivity contribution in [1.29, 1.82) is 0 Å². The highest BCUT2D eigenvalue weighted by molar-refractivity contribution is 5.93. The molecule has 1 atom stereocenters. The summed E-state index contributed by atoms with van der Waals surface area (Å²) in [6.07, 6.45) is 2.49. The molecule has 10 nitrogen and oxygen atoms in total. The molecular formula is C29H31N5O5. The highest BCUT2D eigenvalue weighted by atomic mass is 16.4. The van der Waals surface area contributed by atoms with Crippen LogP contribution < -0.4 is 5.56 Å². The molecule has 202 valence electrons. The van der Waals surface area contributed by atoms with Gasteiger partial charge in [-0.3, -0.25) is 18.8 Å². The molecule has 0 radical (unpaired) electrons. The van der Waals surface area contributed by atoms with Crippen LogP contribution in [0.1, 0.15) is 48.0 Å². The number of aryl methyl sites for hydroxylation is 1. The first-order valence-corrected chi connectivity index (χ1v) is 13.0. The molecule has 3 heterocycles. The molecule has 0 spiro atoms. The fourth-order valence-corrected chi connectivity index (χ4v) is 5.27. The summed E-state index contributed by atoms with van der Waals surface area (Å²) >= 11 is 0. The Morgan fingerprint density at radius 1 is 1.05 bits per heavy atom. The van der Waals surface area contributed by atoms with Gasteiger partial charge in [-0.2, -0.15) is 5.10 Å². The van der Waals surface area contributed by atoms with Gasteiger partial charge in [0.2, 0.25) is 5.91 Å². The predicted octanol–water partition coefficient (Wildman–Crippen LogP) is 3.04. The van der Waals surface area contributed by atoms with Crippen molar-refractivity contribution in [2.75, 3.05) is 13.1 Å². The maximum atomic E-state index is 13.3. The van der Waals surface area contributed by atoms with Gasteiger partial charge in [-0.1, -0.05) is 49.4 Å². The SMILES string of the molecule is CC(CC(=O)N1CCC(O)(Cn2cnc3c(-c4cccc(C(=O)O)c4)n(C)nc3c2=O)CC1)c1ccccc1. The van der Waals surface area contributed by atoms with Gasteiger partial charge in [0.25, 0.3) is 5.56 Å². The Kier molecular flexibility index (Phi) is 7.05. The van der Waals surface area contributed by atoms with Crippen molar-refractivity contribution in [2.45, 2.75) is 44.2 Å². The van der Waals surface area contributed by atoms with Crippen LogP contribution in [0.5, 0.6) is 0 Å². The summed E-state index contributed by atoms with van der Waals surface area (Å²) < 4.78 is 2.88. The van der Waals surface area contributed by atoms with E-state index in [0.29, 0.717) is 49.1 Å². The lowest BCUT2D eigenvalue weighted by Gasteiger charge is -2.38. The van der Waals surface area contributed by atoms with Crippen molar-refractivity contribution >= 4 is 22.9 Å². The van der Waals surface area contributed by atoms with Crippen LogP contribution in [0.2, 0.25) is 0 Å². The zero-order valence-corrected chi connectivity index (χ0v) is 21.9. The molecule has 2 N–H and O–H groups in total. The molecule has 1 unspecified atom stereocenters. The van der Waals surface area contributed by atoms with Crippen molar-refractivity contribution in [3.05, 3.63) is 82.4 Å². The van der Waals surface area contributed by atoms with Crippen molar-refractivity contribution in [2.24, 2.45) is 7.05 Å². The number of amides is 1. The molecule has 1 fully saturated rings. The van der Waals surface area contributed by atoms with E-state index in [1.54, 1.807) is 24.1 Å². The molecular weight excluding hydrogens is 498 g/mol. The van der Waals surface area contributed by atoms with Gasteiger partial charge in [-0.15, -0.1) is 0 Å². The van der Waals surface area contributed by atoms with E-state index in [9.17, 15) is 24.6 Å². The largest absolute Gasteiger partial charge is 0.478 e. The lowest BCUT2D eigenvalue weighted by atomic mass is 9.90. The Morgan fingerprint density at radius 3 is 2.46 bits per heavy atom. The van der Waals surface area contributed by atoms with E-state index >= 15 is 0 Å². The molecule has 10 heteroatoms. The second kappa shape index (κ2) is 10.5. The minimum absolute atomic E-state index is 0.0393. The van der Waals surface area contributed by atoms with Crippen molar-refractivity contribution < 1.29 is 19.8 Å². The normalized spacial score (nSPS) is 15.8. The third-order valence-electron chi connectivity index (χ3n) is 7.56. The van der Waals surface area contributed by atoms with Gasteiger partial charge in [0.15, 0.2) is 5.52 Å². The number of aromatic nitrogens is 4. The monoisotopic (exact) mass is 529 g/mol. The van der Waals surface area contributed by atoms with E-state index in [2.05, 4.69) is 10.1 Å². The number of carbonyl (C=O) groups is 2. The van der Waals surface area contributed by atoms with Crippen molar-refractivity contribution in [3.63, 3.8) is 0 Å². The van der Waals surface area contributed by atoms with Crippen LogP contribution in [0, 0.1) is 0 Å². The van der Waals surface area contributed by atoms with Gasteiger partial charge >= 0.3 is 5.97 Å². The van der Waals surface area contributed by atoms with Gasteiger partial charge in [-0.25, -0.2) is 9.78 Å². The Hall–Kier alpha value is -4.31. The number of aromatic carboxylic acids is 1. The molecule has 1 amide bonds. The van der Waals surface area contributed by atoms with E-state index in [1.807, 2.05) is 37.3 Å². The van der Waals surface area contributed by atoms with Gasteiger partial charge in [0.05, 0.1) is 29.7 Å². The number of benzene rings is 2. The number of hydrogen-bond acceptors (Lipinski definition) is 6. The zero-order valence-electron chi connectivity index (χ0n) is 21.9. The molecule has 0 saturated carbocycles. The molecule has 2 aromatic heterocycles. The van der Waals surface area contributed by atoms with Gasteiger partial charge in [0, 0.05) is 32.1 Å². The third-order valence-corrected chi connectivity index (χ3v) is 7.56. The Morgan fingerprint density at radius 2 is 1.77 bits per heavy atom. The summed E-state index contributed by atoms with van der Waals surface area (Å²) in [7, 11) is 1.67. The lowest BCUT2D eigenvalue weighted by molar-refractivity contribution is -0.136. The number of piperidine rings is 1. The fourth-order valence-electron chi connectivity index (χ4n) is 5.27. The molecule has 1 aliphatic rings. The number of rotatable bonds is 7. The molecule has 0 bridgehead atoms. The number of carboxylic acids is 1. The molecule has 4 aromatic rings. The third kappa shape index (κ3) is 5.33. The summed E-state index contributed by atoms with van der Waals surface area (Å²) in [4.78, 5) is 43.9. The summed E-state index contributed by atoms with van der Waals surface area (Å²) in [6.45, 7) is 2.90. The molecule has 0 aliphatic carbocycles. The Bertz CT molecular complexity index is 1580. The molecule has 1 aliphatic heterocycles. The van der Waals surface area contributed by atoms with Crippen LogP contribution in [0.3, 0.4) is 0 Å². The van der Waals surface area contributed by atoms with Crippen LogP contribution in [-0.2, 0) is 18.4 Å². The minimum atomic E-state index is -1.16. The number of carbonyl (C=O) groups excluding carboxylic acids is 1. The number of hydrogen-bond donors (Lipinski definition) is 2. The number of aliphatic hydroxyl groups is 1. The molecule has 5 rings (SSSR count). The predicted molar refractivity (Wildman–Crippen MR) is 145 cm³/mol. The number of nitrogens with zero attached hydrogens (tertiary/aromatic N) is 5.